The minimum Gasteiger partial charge on any atom is -0.480 e. The molecule has 1 saturated heterocycles. The van der Waals surface area contributed by atoms with E-state index < -0.39 is 18.0 Å². The molecule has 1 atom stereocenters. The number of piperazine rings is 1. The third-order valence-corrected chi connectivity index (χ3v) is 2.18. The van der Waals surface area contributed by atoms with Crippen molar-refractivity contribution in [3.8, 4) is 0 Å². The van der Waals surface area contributed by atoms with Gasteiger partial charge < -0.3 is 15.5 Å². The molecule has 0 saturated carbocycles. The van der Waals surface area contributed by atoms with Crippen LogP contribution < -0.4 is 5.32 Å². The van der Waals surface area contributed by atoms with Crippen molar-refractivity contribution >= 4 is 11.9 Å². The summed E-state index contributed by atoms with van der Waals surface area (Å²) in [4.78, 5) is 22.8. The van der Waals surface area contributed by atoms with E-state index in [1.54, 1.807) is 0 Å². The van der Waals surface area contributed by atoms with Crippen molar-refractivity contribution in [2.45, 2.75) is 6.04 Å². The number of hydrogen-bond acceptors (Lipinski definition) is 4. The van der Waals surface area contributed by atoms with Gasteiger partial charge in [-0.25, -0.2) is 4.79 Å². The van der Waals surface area contributed by atoms with Crippen LogP contribution >= 0.6 is 0 Å². The minimum absolute atomic E-state index is 0.402. The summed E-state index contributed by atoms with van der Waals surface area (Å²) >= 11 is 0. The SMILES string of the molecule is O=C(O)/C=C/CN1CCN[C@@H](C(=O)O)C1. The summed E-state index contributed by atoms with van der Waals surface area (Å²) < 4.78 is 0. The Labute approximate surface area is 87.2 Å². The number of nitrogens with zero attached hydrogens (tertiary/aromatic N) is 1. The number of rotatable bonds is 4. The van der Waals surface area contributed by atoms with Crippen molar-refractivity contribution < 1.29 is 19.8 Å². The molecule has 1 fully saturated rings. The van der Waals surface area contributed by atoms with Crippen LogP contribution in [0.2, 0.25) is 0 Å². The Hall–Kier alpha value is -1.40. The van der Waals surface area contributed by atoms with Crippen molar-refractivity contribution in [3.05, 3.63) is 12.2 Å². The zero-order chi connectivity index (χ0) is 11.3. The molecule has 6 nitrogen and oxygen atoms in total. The van der Waals surface area contributed by atoms with Gasteiger partial charge in [-0.2, -0.15) is 0 Å². The number of carboxylic acids is 2. The normalized spacial score (nSPS) is 23.1. The van der Waals surface area contributed by atoms with E-state index in [-0.39, 0.29) is 0 Å². The van der Waals surface area contributed by atoms with Crippen LogP contribution in [0.1, 0.15) is 0 Å². The molecule has 0 amide bonds. The summed E-state index contributed by atoms with van der Waals surface area (Å²) in [7, 11) is 0. The van der Waals surface area contributed by atoms with Gasteiger partial charge >= 0.3 is 11.9 Å². The molecule has 0 aromatic carbocycles. The van der Waals surface area contributed by atoms with Crippen molar-refractivity contribution in [1.82, 2.24) is 10.2 Å². The molecule has 0 bridgehead atoms. The van der Waals surface area contributed by atoms with Gasteiger partial charge in [-0.05, 0) is 0 Å². The molecule has 0 unspecified atom stereocenters. The van der Waals surface area contributed by atoms with Crippen molar-refractivity contribution in [2.75, 3.05) is 26.2 Å². The largest absolute Gasteiger partial charge is 0.480 e. The maximum atomic E-state index is 10.7. The molecule has 0 aromatic rings. The Morgan fingerprint density at radius 3 is 2.80 bits per heavy atom. The number of nitrogens with one attached hydrogen (secondary N) is 1. The van der Waals surface area contributed by atoms with Crippen LogP contribution in [0.15, 0.2) is 12.2 Å². The smallest absolute Gasteiger partial charge is 0.328 e. The molecule has 0 spiro atoms. The molecule has 1 heterocycles. The Balaban J connectivity index is 2.36. The first-order valence-electron chi connectivity index (χ1n) is 4.67. The van der Waals surface area contributed by atoms with Gasteiger partial charge in [0.15, 0.2) is 0 Å². The molecular weight excluding hydrogens is 200 g/mol. The molecule has 15 heavy (non-hydrogen) atoms. The van der Waals surface area contributed by atoms with Gasteiger partial charge in [-0.3, -0.25) is 9.69 Å². The second-order valence-electron chi connectivity index (χ2n) is 3.35. The lowest BCUT2D eigenvalue weighted by molar-refractivity contribution is -0.140. The lowest BCUT2D eigenvalue weighted by atomic mass is 10.2. The van der Waals surface area contributed by atoms with Gasteiger partial charge in [0.25, 0.3) is 0 Å². The zero-order valence-corrected chi connectivity index (χ0v) is 8.22. The van der Waals surface area contributed by atoms with E-state index in [2.05, 4.69) is 5.32 Å². The number of carboxylic acid groups (broad SMARTS) is 2. The molecule has 6 heteroatoms. The minimum atomic E-state index is -0.986. The van der Waals surface area contributed by atoms with Gasteiger partial charge in [-0.15, -0.1) is 0 Å². The highest BCUT2D eigenvalue weighted by molar-refractivity contribution is 5.79. The second-order valence-corrected chi connectivity index (χ2v) is 3.35. The number of aliphatic carboxylic acids is 2. The lowest BCUT2D eigenvalue weighted by Crippen LogP contribution is -2.54. The number of carbonyl (C=O) groups is 2. The fraction of sp³-hybridized carbons (Fsp3) is 0.556. The summed E-state index contributed by atoms with van der Waals surface area (Å²) in [6, 6.07) is -0.558. The standard InChI is InChI=1S/C9H14N2O4/c12-8(13)2-1-4-11-5-3-10-7(6-11)9(14)15/h1-2,7,10H,3-6H2,(H,12,13)(H,14,15)/b2-1+/t7-/m1/s1. The molecule has 0 aromatic heterocycles. The van der Waals surface area contributed by atoms with Crippen LogP contribution in [-0.4, -0.2) is 59.3 Å². The lowest BCUT2D eigenvalue weighted by Gasteiger charge is -2.30. The summed E-state index contributed by atoms with van der Waals surface area (Å²) in [6.07, 6.45) is 2.59. The van der Waals surface area contributed by atoms with Gasteiger partial charge in [0.2, 0.25) is 0 Å². The molecule has 84 valence electrons. The molecule has 1 aliphatic rings. The van der Waals surface area contributed by atoms with Crippen LogP contribution in [0.3, 0.4) is 0 Å². The Kier molecular flexibility index (Phi) is 4.26. The average molecular weight is 214 g/mol. The molecule has 1 aliphatic heterocycles. The van der Waals surface area contributed by atoms with E-state index >= 15 is 0 Å². The van der Waals surface area contributed by atoms with Gasteiger partial charge in [0, 0.05) is 32.3 Å². The topological polar surface area (TPSA) is 89.9 Å². The highest BCUT2D eigenvalue weighted by Gasteiger charge is 2.23. The van der Waals surface area contributed by atoms with E-state index in [0.717, 1.165) is 12.6 Å². The Morgan fingerprint density at radius 1 is 1.47 bits per heavy atom. The van der Waals surface area contributed by atoms with E-state index in [4.69, 9.17) is 10.2 Å². The van der Waals surface area contributed by atoms with Crippen LogP contribution in [0, 0.1) is 0 Å². The van der Waals surface area contributed by atoms with Crippen molar-refractivity contribution in [2.24, 2.45) is 0 Å². The summed E-state index contributed by atoms with van der Waals surface area (Å²) in [6.45, 7) is 2.21. The van der Waals surface area contributed by atoms with E-state index in [1.807, 2.05) is 4.90 Å². The molecule has 1 rings (SSSR count). The number of hydrogen-bond donors (Lipinski definition) is 3. The van der Waals surface area contributed by atoms with Crippen LogP contribution in [-0.2, 0) is 9.59 Å². The maximum absolute atomic E-state index is 10.7. The van der Waals surface area contributed by atoms with E-state index in [0.29, 0.717) is 19.6 Å². The fourth-order valence-corrected chi connectivity index (χ4v) is 1.44. The van der Waals surface area contributed by atoms with Crippen LogP contribution in [0.25, 0.3) is 0 Å². The average Bonchev–Trinajstić information content (AvgIpc) is 2.17. The van der Waals surface area contributed by atoms with Crippen molar-refractivity contribution in [1.29, 1.82) is 0 Å². The first-order chi connectivity index (χ1) is 7.09. The predicted molar refractivity (Wildman–Crippen MR) is 52.6 cm³/mol. The highest BCUT2D eigenvalue weighted by atomic mass is 16.4. The maximum Gasteiger partial charge on any atom is 0.328 e. The first kappa shape index (κ1) is 11.7. The van der Waals surface area contributed by atoms with Gasteiger partial charge in [0.05, 0.1) is 0 Å². The van der Waals surface area contributed by atoms with E-state index in [9.17, 15) is 9.59 Å². The monoisotopic (exact) mass is 214 g/mol. The summed E-state index contributed by atoms with van der Waals surface area (Å²) in [5.74, 6) is -1.86. The van der Waals surface area contributed by atoms with Gasteiger partial charge in [-0.1, -0.05) is 6.08 Å². The van der Waals surface area contributed by atoms with Crippen LogP contribution in [0.4, 0.5) is 0 Å². The highest BCUT2D eigenvalue weighted by Crippen LogP contribution is 1.99. The van der Waals surface area contributed by atoms with Gasteiger partial charge in [0.1, 0.15) is 6.04 Å². The third-order valence-electron chi connectivity index (χ3n) is 2.18. The zero-order valence-electron chi connectivity index (χ0n) is 8.22. The second kappa shape index (κ2) is 5.47. The summed E-state index contributed by atoms with van der Waals surface area (Å²) in [5, 5.41) is 20.0. The van der Waals surface area contributed by atoms with E-state index in [1.165, 1.54) is 6.08 Å². The Bertz CT molecular complexity index is 277. The quantitative estimate of drug-likeness (QED) is 0.519. The van der Waals surface area contributed by atoms with Crippen LogP contribution in [0.5, 0.6) is 0 Å². The third kappa shape index (κ3) is 4.09. The molecule has 0 radical (unpaired) electrons. The Morgan fingerprint density at radius 2 is 2.20 bits per heavy atom. The molecule has 0 aliphatic carbocycles. The summed E-state index contributed by atoms with van der Waals surface area (Å²) in [5.41, 5.74) is 0. The first-order valence-corrected chi connectivity index (χ1v) is 4.67. The van der Waals surface area contributed by atoms with Crippen molar-refractivity contribution in [3.63, 3.8) is 0 Å². The molecular formula is C9H14N2O4. The molecule has 3 N–H and O–H groups in total. The fourth-order valence-electron chi connectivity index (χ4n) is 1.44. The predicted octanol–water partition coefficient (Wildman–Crippen LogP) is -1.01.